The lowest BCUT2D eigenvalue weighted by Crippen LogP contribution is -2.43. The second-order valence-electron chi connectivity index (χ2n) is 6.68. The van der Waals surface area contributed by atoms with Crippen molar-refractivity contribution in [2.75, 3.05) is 19.8 Å². The summed E-state index contributed by atoms with van der Waals surface area (Å²) < 4.78 is 16.0. The van der Waals surface area contributed by atoms with Crippen molar-refractivity contribution < 1.29 is 28.6 Å². The van der Waals surface area contributed by atoms with Gasteiger partial charge in [0.15, 0.2) is 6.61 Å². The lowest BCUT2D eigenvalue weighted by molar-refractivity contribution is -0.123. The van der Waals surface area contributed by atoms with E-state index in [1.54, 1.807) is 48.5 Å². The van der Waals surface area contributed by atoms with Crippen LogP contribution in [-0.2, 0) is 9.53 Å². The molecule has 0 aliphatic carbocycles. The van der Waals surface area contributed by atoms with Gasteiger partial charge in [-0.3, -0.25) is 20.4 Å². The van der Waals surface area contributed by atoms with Crippen LogP contribution >= 0.6 is 0 Å². The molecule has 2 aromatic rings. The molecule has 0 spiro atoms. The number of hydrogen-bond acceptors (Lipinski definition) is 6. The lowest BCUT2D eigenvalue weighted by atomic mass is 10.2. The maximum Gasteiger partial charge on any atom is 0.338 e. The van der Waals surface area contributed by atoms with Crippen molar-refractivity contribution in [3.8, 4) is 11.5 Å². The molecule has 0 aliphatic rings. The Bertz CT molecular complexity index is 867. The molecule has 0 saturated carbocycles. The predicted molar refractivity (Wildman–Crippen MR) is 115 cm³/mol. The Morgan fingerprint density at radius 1 is 0.806 bits per heavy atom. The summed E-state index contributed by atoms with van der Waals surface area (Å²) in [5, 5.41) is 0. The van der Waals surface area contributed by atoms with Crippen molar-refractivity contribution in [2.45, 2.75) is 33.1 Å². The molecule has 0 bridgehead atoms. The number of benzene rings is 2. The van der Waals surface area contributed by atoms with E-state index < -0.39 is 17.8 Å². The topological polar surface area (TPSA) is 103 Å². The molecule has 0 fully saturated rings. The molecule has 0 heterocycles. The highest BCUT2D eigenvalue weighted by Gasteiger charge is 2.10. The molecule has 0 aliphatic heterocycles. The molecular formula is C23H28N2O6. The first-order chi connectivity index (χ1) is 15.0. The summed E-state index contributed by atoms with van der Waals surface area (Å²) in [6.07, 6.45) is 2.69. The zero-order chi connectivity index (χ0) is 22.5. The minimum atomic E-state index is -0.532. The highest BCUT2D eigenvalue weighted by atomic mass is 16.5. The number of hydrogen-bond donors (Lipinski definition) is 2. The van der Waals surface area contributed by atoms with Crippen molar-refractivity contribution >= 4 is 17.8 Å². The van der Waals surface area contributed by atoms with Crippen LogP contribution in [0.25, 0.3) is 0 Å². The smallest absolute Gasteiger partial charge is 0.338 e. The van der Waals surface area contributed by atoms with Crippen LogP contribution in [0.2, 0.25) is 0 Å². The summed E-state index contributed by atoms with van der Waals surface area (Å²) in [6.45, 7) is 4.62. The number of carbonyl (C=O) groups excluding carboxylic acids is 3. The molecule has 8 nitrogen and oxygen atoms in total. The van der Waals surface area contributed by atoms with Gasteiger partial charge in [-0.25, -0.2) is 4.79 Å². The minimum absolute atomic E-state index is 0.305. The second kappa shape index (κ2) is 12.9. The zero-order valence-electron chi connectivity index (χ0n) is 17.8. The van der Waals surface area contributed by atoms with E-state index in [0.717, 1.165) is 19.3 Å². The van der Waals surface area contributed by atoms with Gasteiger partial charge in [0.25, 0.3) is 11.8 Å². The van der Waals surface area contributed by atoms with Crippen molar-refractivity contribution in [1.29, 1.82) is 0 Å². The largest absolute Gasteiger partial charge is 0.494 e. The van der Waals surface area contributed by atoms with E-state index in [0.29, 0.717) is 35.8 Å². The highest BCUT2D eigenvalue weighted by molar-refractivity contribution is 5.95. The SMILES string of the molecule is CCCCOc1cccc(C(=O)NNC(=O)COc2ccc(C(=O)OCCC)cc2)c1. The van der Waals surface area contributed by atoms with Crippen LogP contribution in [0.3, 0.4) is 0 Å². The standard InChI is InChI=1S/C23H28N2O6/c1-3-5-14-29-20-8-6-7-18(15-20)22(27)25-24-21(26)16-31-19-11-9-17(10-12-19)23(28)30-13-4-2/h6-12,15H,3-5,13-14,16H2,1-2H3,(H,24,26)(H,25,27). The Kier molecular flexibility index (Phi) is 9.87. The Morgan fingerprint density at radius 2 is 1.58 bits per heavy atom. The fraction of sp³-hybridized carbons (Fsp3) is 0.348. The molecular weight excluding hydrogens is 400 g/mol. The van der Waals surface area contributed by atoms with Crippen molar-refractivity contribution in [1.82, 2.24) is 10.9 Å². The van der Waals surface area contributed by atoms with Gasteiger partial charge in [-0.15, -0.1) is 0 Å². The van der Waals surface area contributed by atoms with Crippen LogP contribution in [0.15, 0.2) is 48.5 Å². The molecule has 8 heteroatoms. The Balaban J connectivity index is 1.76. The third-order valence-corrected chi connectivity index (χ3v) is 4.08. The van der Waals surface area contributed by atoms with Crippen molar-refractivity contribution in [3.05, 3.63) is 59.7 Å². The van der Waals surface area contributed by atoms with E-state index in [9.17, 15) is 14.4 Å². The van der Waals surface area contributed by atoms with E-state index in [1.807, 2.05) is 6.92 Å². The molecule has 2 aromatic carbocycles. The van der Waals surface area contributed by atoms with Crippen LogP contribution in [0.4, 0.5) is 0 Å². The van der Waals surface area contributed by atoms with E-state index in [1.165, 1.54) is 0 Å². The number of carbonyl (C=O) groups is 3. The molecule has 2 rings (SSSR count). The van der Waals surface area contributed by atoms with Gasteiger partial charge in [-0.05, 0) is 55.3 Å². The lowest BCUT2D eigenvalue weighted by Gasteiger charge is -2.10. The molecule has 0 unspecified atom stereocenters. The van der Waals surface area contributed by atoms with Gasteiger partial charge in [0, 0.05) is 5.56 Å². The van der Waals surface area contributed by atoms with Crippen molar-refractivity contribution in [3.63, 3.8) is 0 Å². The molecule has 2 amide bonds. The Labute approximate surface area is 181 Å². The molecule has 31 heavy (non-hydrogen) atoms. The first-order valence-electron chi connectivity index (χ1n) is 10.3. The fourth-order valence-electron chi connectivity index (χ4n) is 2.41. The highest BCUT2D eigenvalue weighted by Crippen LogP contribution is 2.14. The number of hydrazine groups is 1. The van der Waals surface area contributed by atoms with E-state index in [4.69, 9.17) is 14.2 Å². The average molecular weight is 428 g/mol. The van der Waals surface area contributed by atoms with Crippen molar-refractivity contribution in [2.24, 2.45) is 0 Å². The maximum atomic E-state index is 12.2. The first kappa shape index (κ1) is 23.7. The summed E-state index contributed by atoms with van der Waals surface area (Å²) >= 11 is 0. The molecule has 166 valence electrons. The minimum Gasteiger partial charge on any atom is -0.494 e. The zero-order valence-corrected chi connectivity index (χ0v) is 17.8. The van der Waals surface area contributed by atoms with E-state index >= 15 is 0 Å². The van der Waals surface area contributed by atoms with Gasteiger partial charge >= 0.3 is 5.97 Å². The normalized spacial score (nSPS) is 10.1. The molecule has 2 N–H and O–H groups in total. The number of rotatable bonds is 11. The number of esters is 1. The maximum absolute atomic E-state index is 12.2. The van der Waals surface area contributed by atoms with E-state index in [-0.39, 0.29) is 6.61 Å². The monoisotopic (exact) mass is 428 g/mol. The summed E-state index contributed by atoms with van der Waals surface area (Å²) in [6, 6.07) is 13.0. The van der Waals surface area contributed by atoms with Crippen LogP contribution in [0, 0.1) is 0 Å². The van der Waals surface area contributed by atoms with Crippen LogP contribution < -0.4 is 20.3 Å². The summed E-state index contributed by atoms with van der Waals surface area (Å²) in [4.78, 5) is 35.9. The van der Waals surface area contributed by atoms with Gasteiger partial charge in [-0.2, -0.15) is 0 Å². The summed E-state index contributed by atoms with van der Waals surface area (Å²) in [5.74, 6) is -0.406. The van der Waals surface area contributed by atoms with Gasteiger partial charge in [0.05, 0.1) is 18.8 Å². The Hall–Kier alpha value is -3.55. The number of nitrogens with one attached hydrogen (secondary N) is 2. The fourth-order valence-corrected chi connectivity index (χ4v) is 2.41. The van der Waals surface area contributed by atoms with Crippen LogP contribution in [-0.4, -0.2) is 37.6 Å². The average Bonchev–Trinajstić information content (AvgIpc) is 2.80. The third kappa shape index (κ3) is 8.38. The van der Waals surface area contributed by atoms with Crippen LogP contribution in [0.5, 0.6) is 11.5 Å². The van der Waals surface area contributed by atoms with Gasteiger partial charge in [-0.1, -0.05) is 26.3 Å². The van der Waals surface area contributed by atoms with Gasteiger partial charge in [0.1, 0.15) is 11.5 Å². The number of unbranched alkanes of at least 4 members (excludes halogenated alkanes) is 1. The Morgan fingerprint density at radius 3 is 2.29 bits per heavy atom. The van der Waals surface area contributed by atoms with E-state index in [2.05, 4.69) is 17.8 Å². The number of amides is 2. The van der Waals surface area contributed by atoms with Gasteiger partial charge in [0.2, 0.25) is 0 Å². The summed E-state index contributed by atoms with van der Waals surface area (Å²) in [7, 11) is 0. The molecule has 0 saturated heterocycles. The van der Waals surface area contributed by atoms with Crippen LogP contribution in [0.1, 0.15) is 53.8 Å². The number of ether oxygens (including phenoxy) is 3. The second-order valence-corrected chi connectivity index (χ2v) is 6.68. The molecule has 0 aromatic heterocycles. The quantitative estimate of drug-likeness (QED) is 0.323. The third-order valence-electron chi connectivity index (χ3n) is 4.08. The molecule has 0 atom stereocenters. The predicted octanol–water partition coefficient (Wildman–Crippen LogP) is 3.27. The molecule has 0 radical (unpaired) electrons. The first-order valence-corrected chi connectivity index (χ1v) is 10.3. The van der Waals surface area contributed by atoms with Gasteiger partial charge < -0.3 is 14.2 Å². The summed E-state index contributed by atoms with van der Waals surface area (Å²) in [5.41, 5.74) is 5.40.